The minimum Gasteiger partial charge on any atom is -0.369 e. The van der Waals surface area contributed by atoms with Gasteiger partial charge in [-0.25, -0.2) is 0 Å². The normalized spacial score (nSPS) is 24.9. The van der Waals surface area contributed by atoms with Crippen molar-refractivity contribution < 1.29 is 4.79 Å². The van der Waals surface area contributed by atoms with Gasteiger partial charge in [-0.2, -0.15) is 0 Å². The van der Waals surface area contributed by atoms with Crippen molar-refractivity contribution in [2.45, 2.75) is 11.8 Å². The average Bonchev–Trinajstić information content (AvgIpc) is 3.29. The van der Waals surface area contributed by atoms with E-state index in [1.165, 1.54) is 11.3 Å². The number of nitrogens with one attached hydrogen (secondary N) is 1. The molecule has 1 spiro atoms. The average molecular weight is 411 g/mol. The molecule has 1 atom stereocenters. The van der Waals surface area contributed by atoms with Crippen molar-refractivity contribution in [3.63, 3.8) is 0 Å². The van der Waals surface area contributed by atoms with Gasteiger partial charge in [0.25, 0.3) is 0 Å². The second-order valence-electron chi connectivity index (χ2n) is 8.42. The number of carbonyl (C=O) groups is 1. The lowest BCUT2D eigenvalue weighted by atomic mass is 9.81. The number of hydrogen-bond donors (Lipinski definition) is 1. The molecule has 5 nitrogen and oxygen atoms in total. The van der Waals surface area contributed by atoms with Crippen molar-refractivity contribution in [1.29, 1.82) is 0 Å². The first-order chi connectivity index (χ1) is 14.1. The van der Waals surface area contributed by atoms with E-state index in [4.69, 9.17) is 11.6 Å². The van der Waals surface area contributed by atoms with Crippen LogP contribution in [0.5, 0.6) is 0 Å². The van der Waals surface area contributed by atoms with Gasteiger partial charge in [0.1, 0.15) is 0 Å². The summed E-state index contributed by atoms with van der Waals surface area (Å²) in [4.78, 5) is 20.1. The minimum absolute atomic E-state index is 0.177. The molecule has 2 saturated heterocycles. The highest BCUT2D eigenvalue weighted by atomic mass is 35.5. The number of rotatable bonds is 4. The number of hydrogen-bond acceptors (Lipinski definition) is 4. The highest BCUT2D eigenvalue weighted by Crippen LogP contribution is 2.43. The molecule has 0 aromatic heterocycles. The summed E-state index contributed by atoms with van der Waals surface area (Å²) in [7, 11) is 0. The Hall–Kier alpha value is -2.08. The zero-order valence-electron chi connectivity index (χ0n) is 16.6. The number of nitrogens with zero attached hydrogens (tertiary/aromatic N) is 3. The van der Waals surface area contributed by atoms with Gasteiger partial charge < -0.3 is 15.1 Å². The van der Waals surface area contributed by atoms with Crippen LogP contribution in [-0.4, -0.2) is 68.1 Å². The van der Waals surface area contributed by atoms with E-state index in [1.807, 2.05) is 36.4 Å². The maximum absolute atomic E-state index is 12.7. The number of amides is 1. The number of carbonyl (C=O) groups excluding carboxylic acids is 1. The number of para-hydroxylation sites is 1. The molecule has 6 heteroatoms. The third-order valence-electron chi connectivity index (χ3n) is 6.75. The number of anilines is 2. The van der Waals surface area contributed by atoms with Crippen LogP contribution in [0.1, 0.15) is 12.0 Å². The number of halogens is 1. The van der Waals surface area contributed by atoms with Crippen LogP contribution in [0.3, 0.4) is 0 Å². The fourth-order valence-corrected chi connectivity index (χ4v) is 5.23. The van der Waals surface area contributed by atoms with Crippen LogP contribution in [0.2, 0.25) is 5.02 Å². The highest BCUT2D eigenvalue weighted by Gasteiger charge is 2.50. The Morgan fingerprint density at radius 1 is 0.931 bits per heavy atom. The largest absolute Gasteiger partial charge is 0.369 e. The second kappa shape index (κ2) is 7.63. The molecule has 2 aromatic rings. The van der Waals surface area contributed by atoms with Crippen molar-refractivity contribution in [3.05, 3.63) is 59.1 Å². The number of benzene rings is 2. The van der Waals surface area contributed by atoms with E-state index < -0.39 is 0 Å². The fourth-order valence-electron chi connectivity index (χ4n) is 5.04. The van der Waals surface area contributed by atoms with Crippen LogP contribution in [0.25, 0.3) is 0 Å². The molecule has 1 N–H and O–H groups in total. The number of piperazine rings is 1. The van der Waals surface area contributed by atoms with Crippen LogP contribution in [0, 0.1) is 0 Å². The molecule has 1 unspecified atom stereocenters. The summed E-state index contributed by atoms with van der Waals surface area (Å²) in [6, 6.07) is 16.3. The summed E-state index contributed by atoms with van der Waals surface area (Å²) >= 11 is 6.14. The predicted molar refractivity (Wildman–Crippen MR) is 118 cm³/mol. The topological polar surface area (TPSA) is 38.8 Å². The van der Waals surface area contributed by atoms with E-state index in [0.717, 1.165) is 69.5 Å². The van der Waals surface area contributed by atoms with Crippen molar-refractivity contribution in [1.82, 2.24) is 9.80 Å². The summed E-state index contributed by atoms with van der Waals surface area (Å²) < 4.78 is 0. The first-order valence-corrected chi connectivity index (χ1v) is 10.9. The molecule has 3 aliphatic rings. The smallest absolute Gasteiger partial charge is 0.236 e. The summed E-state index contributed by atoms with van der Waals surface area (Å²) in [6.07, 6.45) is 0.915. The maximum Gasteiger partial charge on any atom is 0.236 e. The van der Waals surface area contributed by atoms with Crippen LogP contribution < -0.4 is 10.2 Å². The Morgan fingerprint density at radius 2 is 1.72 bits per heavy atom. The van der Waals surface area contributed by atoms with E-state index in [9.17, 15) is 4.79 Å². The third kappa shape index (κ3) is 3.52. The Morgan fingerprint density at radius 3 is 2.55 bits per heavy atom. The van der Waals surface area contributed by atoms with Crippen molar-refractivity contribution in [2.75, 3.05) is 62.6 Å². The van der Waals surface area contributed by atoms with Crippen molar-refractivity contribution in [2.24, 2.45) is 0 Å². The molecular formula is C23H27ClN4O. The molecule has 3 heterocycles. The lowest BCUT2D eigenvalue weighted by Gasteiger charge is -2.36. The lowest BCUT2D eigenvalue weighted by Crippen LogP contribution is -2.48. The molecule has 29 heavy (non-hydrogen) atoms. The highest BCUT2D eigenvalue weighted by molar-refractivity contribution is 6.30. The summed E-state index contributed by atoms with van der Waals surface area (Å²) in [5, 5.41) is 3.89. The van der Waals surface area contributed by atoms with Gasteiger partial charge >= 0.3 is 0 Å². The Kier molecular flexibility index (Phi) is 4.98. The summed E-state index contributed by atoms with van der Waals surface area (Å²) in [6.45, 7) is 8.09. The summed E-state index contributed by atoms with van der Waals surface area (Å²) in [5.41, 5.74) is 3.05. The first kappa shape index (κ1) is 18.9. The molecule has 0 radical (unpaired) electrons. The fraction of sp³-hybridized carbons (Fsp3) is 0.435. The van der Waals surface area contributed by atoms with Crippen molar-refractivity contribution >= 4 is 28.9 Å². The van der Waals surface area contributed by atoms with E-state index >= 15 is 0 Å². The van der Waals surface area contributed by atoms with Crippen LogP contribution >= 0.6 is 11.6 Å². The second-order valence-corrected chi connectivity index (χ2v) is 8.85. The monoisotopic (exact) mass is 410 g/mol. The molecule has 0 saturated carbocycles. The predicted octanol–water partition coefficient (Wildman–Crippen LogP) is 3.06. The van der Waals surface area contributed by atoms with Gasteiger partial charge in [0.15, 0.2) is 0 Å². The molecule has 152 valence electrons. The quantitative estimate of drug-likeness (QED) is 0.840. The number of likely N-dealkylation sites (tertiary alicyclic amines) is 1. The molecular weight excluding hydrogens is 384 g/mol. The zero-order chi connectivity index (χ0) is 19.8. The van der Waals surface area contributed by atoms with Gasteiger partial charge in [-0.1, -0.05) is 35.9 Å². The minimum atomic E-state index is -0.345. The van der Waals surface area contributed by atoms with Crippen LogP contribution in [0.15, 0.2) is 48.5 Å². The Labute approximate surface area is 177 Å². The van der Waals surface area contributed by atoms with Gasteiger partial charge in [-0.15, -0.1) is 0 Å². The van der Waals surface area contributed by atoms with Crippen molar-refractivity contribution in [3.8, 4) is 0 Å². The molecule has 1 amide bonds. The molecule has 0 bridgehead atoms. The first-order valence-electron chi connectivity index (χ1n) is 10.5. The molecule has 2 fully saturated rings. The Balaban J connectivity index is 1.14. The van der Waals surface area contributed by atoms with Crippen LogP contribution in [0.4, 0.5) is 11.4 Å². The molecule has 5 rings (SSSR count). The van der Waals surface area contributed by atoms with Gasteiger partial charge in [0.05, 0.1) is 5.41 Å². The lowest BCUT2D eigenvalue weighted by molar-refractivity contribution is -0.120. The molecule has 0 aliphatic carbocycles. The molecule has 2 aromatic carbocycles. The van der Waals surface area contributed by atoms with E-state index in [2.05, 4.69) is 32.1 Å². The Bertz CT molecular complexity index is 911. The van der Waals surface area contributed by atoms with Gasteiger partial charge in [0, 0.05) is 62.2 Å². The van der Waals surface area contributed by atoms with E-state index in [0.29, 0.717) is 0 Å². The van der Waals surface area contributed by atoms with Crippen LogP contribution in [-0.2, 0) is 10.2 Å². The number of fused-ring (bicyclic) bond motifs is 2. The molecule has 3 aliphatic heterocycles. The van der Waals surface area contributed by atoms with Gasteiger partial charge in [-0.05, 0) is 42.8 Å². The maximum atomic E-state index is 12.7. The third-order valence-corrected chi connectivity index (χ3v) is 6.99. The van der Waals surface area contributed by atoms with Gasteiger partial charge in [-0.3, -0.25) is 9.69 Å². The SMILES string of the molecule is O=C1Nc2ccccc2C12CCN(CCN1CCN(c3cccc(Cl)c3)CC1)C2. The zero-order valence-corrected chi connectivity index (χ0v) is 17.4. The van der Waals surface area contributed by atoms with Gasteiger partial charge in [0.2, 0.25) is 5.91 Å². The van der Waals surface area contributed by atoms with E-state index in [-0.39, 0.29) is 11.3 Å². The summed E-state index contributed by atoms with van der Waals surface area (Å²) in [5.74, 6) is 0.177. The standard InChI is InChI=1S/C23H27ClN4O/c24-18-4-3-5-19(16-18)28-14-12-26(13-15-28)10-11-27-9-8-23(17-27)20-6-1-2-7-21(20)25-22(23)29/h1-7,16H,8-15,17H2,(H,25,29). The van der Waals surface area contributed by atoms with E-state index in [1.54, 1.807) is 0 Å².